The maximum Gasteiger partial charge on any atom is 0.168 e. The molecular formula is C11H18N2O3. The van der Waals surface area contributed by atoms with Crippen LogP contribution in [0.2, 0.25) is 0 Å². The molecule has 0 fully saturated rings. The van der Waals surface area contributed by atoms with Gasteiger partial charge in [-0.25, -0.2) is 4.98 Å². The van der Waals surface area contributed by atoms with Crippen LogP contribution in [0.25, 0.3) is 0 Å². The molecule has 0 saturated heterocycles. The lowest BCUT2D eigenvalue weighted by molar-refractivity contribution is 0.0991. The van der Waals surface area contributed by atoms with Crippen LogP contribution < -0.4 is 10.1 Å². The van der Waals surface area contributed by atoms with E-state index in [2.05, 4.69) is 10.3 Å². The van der Waals surface area contributed by atoms with Gasteiger partial charge in [0.05, 0.1) is 26.4 Å². The van der Waals surface area contributed by atoms with Crippen LogP contribution in [0.1, 0.15) is 6.92 Å². The first kappa shape index (κ1) is 12.7. The van der Waals surface area contributed by atoms with Crippen LogP contribution in [0, 0.1) is 0 Å². The molecule has 0 aromatic carbocycles. The first-order valence-electron chi connectivity index (χ1n) is 5.38. The third-order valence-electron chi connectivity index (χ3n) is 1.85. The zero-order valence-electron chi connectivity index (χ0n) is 9.48. The van der Waals surface area contributed by atoms with Gasteiger partial charge >= 0.3 is 0 Å². The van der Waals surface area contributed by atoms with Gasteiger partial charge in [0.15, 0.2) is 11.6 Å². The molecule has 5 heteroatoms. The topological polar surface area (TPSA) is 63.6 Å². The fourth-order valence-corrected chi connectivity index (χ4v) is 1.20. The Hall–Kier alpha value is -1.33. The number of anilines is 1. The van der Waals surface area contributed by atoms with E-state index in [0.29, 0.717) is 26.4 Å². The minimum absolute atomic E-state index is 0.0494. The van der Waals surface area contributed by atoms with Crippen molar-refractivity contribution in [3.63, 3.8) is 0 Å². The standard InChI is InChI=1S/C11H18N2O3/c1-2-16-10-4-3-5-12-11(10)13-6-8-15-9-7-14/h3-5,14H,2,6-9H2,1H3,(H,12,13). The lowest BCUT2D eigenvalue weighted by atomic mass is 10.4. The summed E-state index contributed by atoms with van der Waals surface area (Å²) in [5.74, 6) is 1.46. The fourth-order valence-electron chi connectivity index (χ4n) is 1.20. The lowest BCUT2D eigenvalue weighted by Crippen LogP contribution is -2.12. The molecule has 90 valence electrons. The van der Waals surface area contributed by atoms with Crippen LogP contribution in [0.15, 0.2) is 18.3 Å². The molecule has 0 aliphatic carbocycles. The quantitative estimate of drug-likeness (QED) is 0.645. The molecule has 5 nitrogen and oxygen atoms in total. The summed E-state index contributed by atoms with van der Waals surface area (Å²) in [6, 6.07) is 3.70. The van der Waals surface area contributed by atoms with Crippen LogP contribution in [0.5, 0.6) is 5.75 Å². The number of hydrogen-bond acceptors (Lipinski definition) is 5. The van der Waals surface area contributed by atoms with Crippen molar-refractivity contribution in [1.29, 1.82) is 0 Å². The van der Waals surface area contributed by atoms with Gasteiger partial charge in [-0.3, -0.25) is 0 Å². The number of aromatic nitrogens is 1. The molecular weight excluding hydrogens is 208 g/mol. The van der Waals surface area contributed by atoms with Crippen molar-refractivity contribution >= 4 is 5.82 Å². The molecule has 0 saturated carbocycles. The van der Waals surface area contributed by atoms with Crippen molar-refractivity contribution in [2.45, 2.75) is 6.92 Å². The monoisotopic (exact) mass is 226 g/mol. The zero-order chi connectivity index (χ0) is 11.6. The highest BCUT2D eigenvalue weighted by atomic mass is 16.5. The maximum atomic E-state index is 8.52. The molecule has 0 unspecified atom stereocenters. The Morgan fingerprint density at radius 1 is 1.44 bits per heavy atom. The average Bonchev–Trinajstić information content (AvgIpc) is 2.31. The first-order chi connectivity index (χ1) is 7.88. The van der Waals surface area contributed by atoms with Crippen LogP contribution in [0.3, 0.4) is 0 Å². The summed E-state index contributed by atoms with van der Waals surface area (Å²) in [6.45, 7) is 4.12. The van der Waals surface area contributed by atoms with Crippen molar-refractivity contribution in [1.82, 2.24) is 4.98 Å². The van der Waals surface area contributed by atoms with Crippen molar-refractivity contribution in [3.8, 4) is 5.75 Å². The van der Waals surface area contributed by atoms with Crippen molar-refractivity contribution in [2.24, 2.45) is 0 Å². The van der Waals surface area contributed by atoms with Gasteiger partial charge in [-0.2, -0.15) is 0 Å². The Labute approximate surface area is 95.4 Å². The number of ether oxygens (including phenoxy) is 2. The Morgan fingerprint density at radius 2 is 2.31 bits per heavy atom. The van der Waals surface area contributed by atoms with Gasteiger partial charge < -0.3 is 19.9 Å². The molecule has 0 radical (unpaired) electrons. The van der Waals surface area contributed by atoms with Crippen LogP contribution in [-0.2, 0) is 4.74 Å². The van der Waals surface area contributed by atoms with E-state index in [0.717, 1.165) is 11.6 Å². The molecule has 1 aromatic rings. The zero-order valence-corrected chi connectivity index (χ0v) is 9.48. The smallest absolute Gasteiger partial charge is 0.168 e. The number of pyridine rings is 1. The van der Waals surface area contributed by atoms with Gasteiger partial charge in [-0.1, -0.05) is 0 Å². The van der Waals surface area contributed by atoms with Crippen LogP contribution in [0.4, 0.5) is 5.82 Å². The molecule has 1 heterocycles. The number of rotatable bonds is 8. The van der Waals surface area contributed by atoms with E-state index < -0.39 is 0 Å². The number of aliphatic hydroxyl groups excluding tert-OH is 1. The Balaban J connectivity index is 2.34. The largest absolute Gasteiger partial charge is 0.490 e. The molecule has 1 rings (SSSR count). The summed E-state index contributed by atoms with van der Waals surface area (Å²) in [4.78, 5) is 4.17. The normalized spacial score (nSPS) is 10.1. The van der Waals surface area contributed by atoms with Crippen molar-refractivity contribution in [3.05, 3.63) is 18.3 Å². The third-order valence-corrected chi connectivity index (χ3v) is 1.85. The van der Waals surface area contributed by atoms with Gasteiger partial charge in [0.1, 0.15) is 0 Å². The minimum Gasteiger partial charge on any atom is -0.490 e. The summed E-state index contributed by atoms with van der Waals surface area (Å²) in [5, 5.41) is 11.6. The molecule has 1 aromatic heterocycles. The summed E-state index contributed by atoms with van der Waals surface area (Å²) in [5.41, 5.74) is 0. The summed E-state index contributed by atoms with van der Waals surface area (Å²) >= 11 is 0. The average molecular weight is 226 g/mol. The maximum absolute atomic E-state index is 8.52. The van der Waals surface area contributed by atoms with Gasteiger partial charge in [-0.05, 0) is 19.1 Å². The van der Waals surface area contributed by atoms with Gasteiger partial charge in [-0.15, -0.1) is 0 Å². The van der Waals surface area contributed by atoms with Gasteiger partial charge in [0.2, 0.25) is 0 Å². The highest BCUT2D eigenvalue weighted by Crippen LogP contribution is 2.20. The van der Waals surface area contributed by atoms with Crippen LogP contribution in [-0.4, -0.2) is 43.1 Å². The van der Waals surface area contributed by atoms with E-state index in [1.54, 1.807) is 6.20 Å². The first-order valence-corrected chi connectivity index (χ1v) is 5.38. The SMILES string of the molecule is CCOc1cccnc1NCCOCCO. The van der Waals surface area contributed by atoms with E-state index in [9.17, 15) is 0 Å². The van der Waals surface area contributed by atoms with Gasteiger partial charge in [0, 0.05) is 12.7 Å². The number of hydrogen-bond donors (Lipinski definition) is 2. The van der Waals surface area contributed by atoms with E-state index in [-0.39, 0.29) is 6.61 Å². The fraction of sp³-hybridized carbons (Fsp3) is 0.545. The Kier molecular flexibility index (Phi) is 6.29. The molecule has 0 amide bonds. The predicted octanol–water partition coefficient (Wildman–Crippen LogP) is 0.901. The molecule has 0 atom stereocenters. The molecule has 0 aliphatic heterocycles. The molecule has 2 N–H and O–H groups in total. The highest BCUT2D eigenvalue weighted by Gasteiger charge is 2.02. The van der Waals surface area contributed by atoms with Gasteiger partial charge in [0.25, 0.3) is 0 Å². The van der Waals surface area contributed by atoms with Crippen molar-refractivity contribution in [2.75, 3.05) is 38.3 Å². The Bertz CT molecular complexity index is 294. The molecule has 16 heavy (non-hydrogen) atoms. The second-order valence-corrected chi connectivity index (χ2v) is 3.05. The van der Waals surface area contributed by atoms with E-state index in [1.807, 2.05) is 19.1 Å². The number of nitrogens with zero attached hydrogens (tertiary/aromatic N) is 1. The van der Waals surface area contributed by atoms with E-state index in [4.69, 9.17) is 14.6 Å². The summed E-state index contributed by atoms with van der Waals surface area (Å²) < 4.78 is 10.5. The van der Waals surface area contributed by atoms with E-state index in [1.165, 1.54) is 0 Å². The molecule has 0 spiro atoms. The summed E-state index contributed by atoms with van der Waals surface area (Å²) in [7, 11) is 0. The highest BCUT2D eigenvalue weighted by molar-refractivity contribution is 5.49. The summed E-state index contributed by atoms with van der Waals surface area (Å²) in [6.07, 6.45) is 1.71. The predicted molar refractivity (Wildman–Crippen MR) is 61.8 cm³/mol. The molecule has 0 bridgehead atoms. The Morgan fingerprint density at radius 3 is 3.06 bits per heavy atom. The second kappa shape index (κ2) is 7.90. The third kappa shape index (κ3) is 4.46. The lowest BCUT2D eigenvalue weighted by Gasteiger charge is -2.10. The number of nitrogens with one attached hydrogen (secondary N) is 1. The number of aliphatic hydroxyl groups is 1. The minimum atomic E-state index is 0.0494. The molecule has 0 aliphatic rings. The second-order valence-electron chi connectivity index (χ2n) is 3.05. The van der Waals surface area contributed by atoms with E-state index >= 15 is 0 Å². The van der Waals surface area contributed by atoms with Crippen molar-refractivity contribution < 1.29 is 14.6 Å². The van der Waals surface area contributed by atoms with Crippen LogP contribution >= 0.6 is 0 Å².